The molecule has 0 bridgehead atoms. The quantitative estimate of drug-likeness (QED) is 0.788. The number of hydrogen-bond donors (Lipinski definition) is 1. The fraction of sp³-hybridized carbons (Fsp3) is 0.526. The third kappa shape index (κ3) is 4.10. The van der Waals surface area contributed by atoms with Gasteiger partial charge in [0.1, 0.15) is 11.2 Å². The third-order valence-electron chi connectivity index (χ3n) is 5.49. The smallest absolute Gasteiger partial charge is 0.238 e. The first-order valence-corrected chi connectivity index (χ1v) is 9.97. The zero-order chi connectivity index (χ0) is 19.6. The van der Waals surface area contributed by atoms with Gasteiger partial charge in [-0.1, -0.05) is 0 Å². The van der Waals surface area contributed by atoms with Crippen LogP contribution in [0.5, 0.6) is 0 Å². The third-order valence-corrected chi connectivity index (χ3v) is 6.75. The Morgan fingerprint density at radius 3 is 2.30 bits per heavy atom. The molecule has 1 atom stereocenters. The minimum Gasteiger partial charge on any atom is -0.369 e. The Hall–Kier alpha value is -2.09. The lowest BCUT2D eigenvalue weighted by atomic mass is 9.76. The fourth-order valence-electron chi connectivity index (χ4n) is 3.79. The minimum atomic E-state index is -1.22. The van der Waals surface area contributed by atoms with E-state index in [9.17, 15) is 18.8 Å². The van der Waals surface area contributed by atoms with Crippen molar-refractivity contribution in [1.29, 1.82) is 0 Å². The summed E-state index contributed by atoms with van der Waals surface area (Å²) in [5, 5.41) is 0.196. The van der Waals surface area contributed by atoms with E-state index in [4.69, 9.17) is 5.73 Å². The van der Waals surface area contributed by atoms with Crippen LogP contribution in [0.15, 0.2) is 29.2 Å². The van der Waals surface area contributed by atoms with Crippen molar-refractivity contribution in [2.45, 2.75) is 36.3 Å². The number of rotatable bonds is 4. The van der Waals surface area contributed by atoms with E-state index in [-0.39, 0.29) is 35.7 Å². The number of benzene rings is 1. The van der Waals surface area contributed by atoms with Gasteiger partial charge < -0.3 is 15.5 Å². The molecule has 2 aliphatic rings. The highest BCUT2D eigenvalue weighted by molar-refractivity contribution is 8.00. The number of carbonyl (C=O) groups excluding carboxylic acids is 3. The lowest BCUT2D eigenvalue weighted by Crippen LogP contribution is -2.56. The zero-order valence-electron chi connectivity index (χ0n) is 15.3. The maximum atomic E-state index is 13.1. The first-order chi connectivity index (χ1) is 12.8. The summed E-state index contributed by atoms with van der Waals surface area (Å²) in [7, 11) is 0. The molecule has 2 heterocycles. The monoisotopic (exact) mass is 393 g/mol. The summed E-state index contributed by atoms with van der Waals surface area (Å²) < 4.78 is 13.0. The van der Waals surface area contributed by atoms with Crippen LogP contribution in [0.25, 0.3) is 0 Å². The maximum absolute atomic E-state index is 13.1. The number of primary amides is 1. The average Bonchev–Trinajstić information content (AvgIpc) is 3.11. The van der Waals surface area contributed by atoms with Gasteiger partial charge in [-0.05, 0) is 43.5 Å². The van der Waals surface area contributed by atoms with Crippen molar-refractivity contribution >= 4 is 29.5 Å². The Bertz CT molecular complexity index is 732. The van der Waals surface area contributed by atoms with E-state index >= 15 is 0 Å². The normalized spacial score (nSPS) is 21.9. The number of nitrogens with two attached hydrogens (primary N) is 1. The van der Waals surface area contributed by atoms with Crippen molar-refractivity contribution in [3.8, 4) is 0 Å². The highest BCUT2D eigenvalue weighted by Crippen LogP contribution is 2.37. The molecule has 8 heteroatoms. The van der Waals surface area contributed by atoms with Crippen molar-refractivity contribution in [1.82, 2.24) is 9.80 Å². The Labute approximate surface area is 162 Å². The molecule has 3 amide bonds. The number of hydrogen-bond acceptors (Lipinski definition) is 4. The first-order valence-electron chi connectivity index (χ1n) is 9.09. The first kappa shape index (κ1) is 19.7. The predicted octanol–water partition coefficient (Wildman–Crippen LogP) is 1.63. The summed E-state index contributed by atoms with van der Waals surface area (Å²) >= 11 is 1.61. The van der Waals surface area contributed by atoms with Crippen LogP contribution in [0.3, 0.4) is 0 Å². The van der Waals surface area contributed by atoms with E-state index < -0.39 is 11.3 Å². The molecule has 0 aliphatic carbocycles. The molecular formula is C19H24FN3O3S. The van der Waals surface area contributed by atoms with Crippen molar-refractivity contribution in [3.63, 3.8) is 0 Å². The molecule has 2 fully saturated rings. The Morgan fingerprint density at radius 1 is 1.11 bits per heavy atom. The summed E-state index contributed by atoms with van der Waals surface area (Å²) in [4.78, 5) is 41.2. The van der Waals surface area contributed by atoms with Gasteiger partial charge in [0.25, 0.3) is 0 Å². The number of nitrogens with zero attached hydrogens (tertiary/aromatic N) is 2. The lowest BCUT2D eigenvalue weighted by molar-refractivity contribution is -0.154. The summed E-state index contributed by atoms with van der Waals surface area (Å²) in [6, 6.07) is 6.30. The summed E-state index contributed by atoms with van der Waals surface area (Å²) in [5.41, 5.74) is 4.41. The van der Waals surface area contributed by atoms with Crippen LogP contribution in [0.4, 0.5) is 4.39 Å². The molecule has 2 aliphatic heterocycles. The van der Waals surface area contributed by atoms with Gasteiger partial charge in [0.05, 0.1) is 0 Å². The number of likely N-dealkylation sites (tertiary alicyclic amines) is 2. The van der Waals surface area contributed by atoms with E-state index in [1.165, 1.54) is 19.1 Å². The van der Waals surface area contributed by atoms with Gasteiger partial charge in [0.2, 0.25) is 17.7 Å². The molecule has 0 saturated carbocycles. The topological polar surface area (TPSA) is 83.7 Å². The van der Waals surface area contributed by atoms with Gasteiger partial charge in [-0.3, -0.25) is 14.4 Å². The average molecular weight is 393 g/mol. The molecule has 0 spiro atoms. The molecule has 27 heavy (non-hydrogen) atoms. The number of thioether (sulfide) groups is 1. The SMILES string of the molecule is CC(=O)N1CCC(C(N)=O)(C(=O)N2CCC(Sc3ccc(F)cc3)C2)CC1. The predicted molar refractivity (Wildman–Crippen MR) is 100 cm³/mol. The molecule has 6 nitrogen and oxygen atoms in total. The molecule has 3 rings (SSSR count). The summed E-state index contributed by atoms with van der Waals surface area (Å²) in [6.45, 7) is 3.32. The van der Waals surface area contributed by atoms with E-state index in [2.05, 4.69) is 0 Å². The fourth-order valence-corrected chi connectivity index (χ4v) is 4.94. The number of halogens is 1. The molecule has 1 aromatic rings. The number of piperidine rings is 1. The molecule has 146 valence electrons. The van der Waals surface area contributed by atoms with E-state index in [1.807, 2.05) is 0 Å². The largest absolute Gasteiger partial charge is 0.369 e. The van der Waals surface area contributed by atoms with Crippen molar-refractivity contribution in [2.24, 2.45) is 11.1 Å². The lowest BCUT2D eigenvalue weighted by Gasteiger charge is -2.40. The van der Waals surface area contributed by atoms with Crippen molar-refractivity contribution < 1.29 is 18.8 Å². The van der Waals surface area contributed by atoms with Crippen molar-refractivity contribution in [2.75, 3.05) is 26.2 Å². The van der Waals surface area contributed by atoms with Gasteiger partial charge in [0.15, 0.2) is 0 Å². The number of amides is 3. The maximum Gasteiger partial charge on any atom is 0.238 e. The highest BCUT2D eigenvalue weighted by Gasteiger charge is 2.49. The number of carbonyl (C=O) groups is 3. The standard InChI is InChI=1S/C19H24FN3O3S/c1-13(24)22-10-7-19(8-11-22,17(21)25)18(26)23-9-6-16(12-23)27-15-4-2-14(20)3-5-15/h2-5,16H,6-12H2,1H3,(H2,21,25). The second-order valence-corrected chi connectivity index (χ2v) is 8.56. The molecule has 2 N–H and O–H groups in total. The van der Waals surface area contributed by atoms with Gasteiger partial charge in [0, 0.05) is 43.2 Å². The molecular weight excluding hydrogens is 369 g/mol. The molecule has 1 unspecified atom stereocenters. The summed E-state index contributed by atoms with van der Waals surface area (Å²) in [6.07, 6.45) is 1.35. The van der Waals surface area contributed by atoms with Gasteiger partial charge in [-0.2, -0.15) is 0 Å². The second kappa shape index (κ2) is 7.88. The van der Waals surface area contributed by atoms with Crippen LogP contribution in [-0.4, -0.2) is 59.0 Å². The van der Waals surface area contributed by atoms with Crippen LogP contribution in [0.2, 0.25) is 0 Å². The van der Waals surface area contributed by atoms with E-state index in [0.29, 0.717) is 26.2 Å². The van der Waals surface area contributed by atoms with Crippen LogP contribution >= 0.6 is 11.8 Å². The van der Waals surface area contributed by atoms with E-state index in [0.717, 1.165) is 11.3 Å². The van der Waals surface area contributed by atoms with Crippen LogP contribution in [0.1, 0.15) is 26.2 Å². The Balaban J connectivity index is 1.65. The van der Waals surface area contributed by atoms with Crippen LogP contribution in [0, 0.1) is 11.2 Å². The Kier molecular flexibility index (Phi) is 5.74. The molecule has 1 aromatic carbocycles. The minimum absolute atomic E-state index is 0.0579. The van der Waals surface area contributed by atoms with Crippen LogP contribution in [-0.2, 0) is 14.4 Å². The second-order valence-electron chi connectivity index (χ2n) is 7.19. The van der Waals surface area contributed by atoms with Gasteiger partial charge in [-0.25, -0.2) is 4.39 Å². The Morgan fingerprint density at radius 2 is 1.74 bits per heavy atom. The van der Waals surface area contributed by atoms with E-state index in [1.54, 1.807) is 33.7 Å². The summed E-state index contributed by atoms with van der Waals surface area (Å²) in [5.74, 6) is -1.16. The molecule has 0 aromatic heterocycles. The van der Waals surface area contributed by atoms with Gasteiger partial charge in [-0.15, -0.1) is 11.8 Å². The van der Waals surface area contributed by atoms with Gasteiger partial charge >= 0.3 is 0 Å². The highest BCUT2D eigenvalue weighted by atomic mass is 32.2. The van der Waals surface area contributed by atoms with Crippen LogP contribution < -0.4 is 5.73 Å². The zero-order valence-corrected chi connectivity index (χ0v) is 16.1. The molecule has 2 saturated heterocycles. The molecule has 0 radical (unpaired) electrons. The van der Waals surface area contributed by atoms with Crippen molar-refractivity contribution in [3.05, 3.63) is 30.1 Å².